The zero-order chi connectivity index (χ0) is 18.6. The smallest absolute Gasteiger partial charge is 0.305 e. The fourth-order valence-electron chi connectivity index (χ4n) is 2.67. The predicted octanol–water partition coefficient (Wildman–Crippen LogP) is 4.14. The van der Waals surface area contributed by atoms with Crippen molar-refractivity contribution < 1.29 is 14.3 Å². The highest BCUT2D eigenvalue weighted by atomic mass is 16.5. The molecule has 0 bridgehead atoms. The molecule has 2 rings (SSSR count). The van der Waals surface area contributed by atoms with Crippen LogP contribution in [0.5, 0.6) is 5.88 Å². The topological polar surface area (TPSA) is 64.5 Å². The van der Waals surface area contributed by atoms with Crippen LogP contribution in [0.1, 0.15) is 39.0 Å². The minimum Gasteiger partial charge on any atom is -0.481 e. The van der Waals surface area contributed by atoms with Crippen LogP contribution in [-0.4, -0.2) is 36.2 Å². The van der Waals surface area contributed by atoms with Crippen molar-refractivity contribution in [3.05, 3.63) is 42.7 Å². The summed E-state index contributed by atoms with van der Waals surface area (Å²) in [5.74, 6) is 1.38. The zero-order valence-corrected chi connectivity index (χ0v) is 15.6. The maximum Gasteiger partial charge on any atom is 0.305 e. The summed E-state index contributed by atoms with van der Waals surface area (Å²) < 4.78 is 10.1. The SMILES string of the molecule is CCOC(=O)CCCCCCN(c1ccc(OC)nc1)c1ccccn1. The zero-order valence-electron chi connectivity index (χ0n) is 15.6. The van der Waals surface area contributed by atoms with Crippen LogP contribution in [0.2, 0.25) is 0 Å². The van der Waals surface area contributed by atoms with Gasteiger partial charge in [-0.15, -0.1) is 0 Å². The van der Waals surface area contributed by atoms with Gasteiger partial charge in [0.15, 0.2) is 0 Å². The molecule has 0 aliphatic rings. The molecule has 0 N–H and O–H groups in total. The van der Waals surface area contributed by atoms with E-state index >= 15 is 0 Å². The Labute approximate surface area is 155 Å². The lowest BCUT2D eigenvalue weighted by Gasteiger charge is -2.23. The highest BCUT2D eigenvalue weighted by molar-refractivity contribution is 5.69. The van der Waals surface area contributed by atoms with Crippen LogP contribution in [-0.2, 0) is 9.53 Å². The number of pyridine rings is 2. The van der Waals surface area contributed by atoms with Crippen LogP contribution in [0.4, 0.5) is 11.5 Å². The van der Waals surface area contributed by atoms with Crippen molar-refractivity contribution in [2.24, 2.45) is 0 Å². The van der Waals surface area contributed by atoms with Gasteiger partial charge in [-0.1, -0.05) is 18.9 Å². The van der Waals surface area contributed by atoms with E-state index in [-0.39, 0.29) is 5.97 Å². The largest absolute Gasteiger partial charge is 0.481 e. The first-order valence-corrected chi connectivity index (χ1v) is 9.09. The molecule has 26 heavy (non-hydrogen) atoms. The average Bonchev–Trinajstić information content (AvgIpc) is 2.68. The van der Waals surface area contributed by atoms with Crippen LogP contribution < -0.4 is 9.64 Å². The molecule has 0 amide bonds. The van der Waals surface area contributed by atoms with Crippen molar-refractivity contribution in [3.63, 3.8) is 0 Å². The van der Waals surface area contributed by atoms with Crippen molar-refractivity contribution in [3.8, 4) is 5.88 Å². The number of hydrogen-bond donors (Lipinski definition) is 0. The maximum atomic E-state index is 11.4. The van der Waals surface area contributed by atoms with Gasteiger partial charge in [-0.05, 0) is 38.0 Å². The second-order valence-electron chi connectivity index (χ2n) is 5.87. The molecule has 0 spiro atoms. The Morgan fingerprint density at radius 2 is 1.92 bits per heavy atom. The highest BCUT2D eigenvalue weighted by Crippen LogP contribution is 2.24. The molecule has 2 heterocycles. The van der Waals surface area contributed by atoms with E-state index in [1.54, 1.807) is 19.5 Å². The molecule has 0 aliphatic carbocycles. The van der Waals surface area contributed by atoms with Gasteiger partial charge in [0.1, 0.15) is 5.82 Å². The minimum absolute atomic E-state index is 0.105. The van der Waals surface area contributed by atoms with E-state index in [0.717, 1.165) is 43.7 Å². The van der Waals surface area contributed by atoms with Crippen molar-refractivity contribution in [1.29, 1.82) is 0 Å². The number of esters is 1. The summed E-state index contributed by atoms with van der Waals surface area (Å²) in [6.07, 6.45) is 8.02. The monoisotopic (exact) mass is 357 g/mol. The Bertz CT molecular complexity index is 647. The average molecular weight is 357 g/mol. The van der Waals surface area contributed by atoms with Gasteiger partial charge in [0, 0.05) is 25.2 Å². The fraction of sp³-hybridized carbons (Fsp3) is 0.450. The first kappa shape index (κ1) is 19.7. The Kier molecular flexibility index (Phi) is 8.39. The first-order chi connectivity index (χ1) is 12.7. The molecule has 0 aliphatic heterocycles. The van der Waals surface area contributed by atoms with E-state index in [0.29, 0.717) is 18.9 Å². The van der Waals surface area contributed by atoms with E-state index in [2.05, 4.69) is 14.9 Å². The van der Waals surface area contributed by atoms with Gasteiger partial charge in [0.2, 0.25) is 5.88 Å². The third-order valence-electron chi connectivity index (χ3n) is 3.99. The molecule has 2 aromatic rings. The second-order valence-corrected chi connectivity index (χ2v) is 5.87. The summed E-state index contributed by atoms with van der Waals surface area (Å²) in [6.45, 7) is 3.12. The number of carbonyl (C=O) groups is 1. The van der Waals surface area contributed by atoms with E-state index in [4.69, 9.17) is 9.47 Å². The molecule has 0 radical (unpaired) electrons. The van der Waals surface area contributed by atoms with Crippen LogP contribution in [0.15, 0.2) is 42.7 Å². The Morgan fingerprint density at radius 1 is 1.08 bits per heavy atom. The third-order valence-corrected chi connectivity index (χ3v) is 3.99. The van der Waals surface area contributed by atoms with Crippen LogP contribution in [0, 0.1) is 0 Å². The molecule has 0 saturated heterocycles. The molecular weight excluding hydrogens is 330 g/mol. The number of ether oxygens (including phenoxy) is 2. The van der Waals surface area contributed by atoms with Crippen molar-refractivity contribution in [1.82, 2.24) is 9.97 Å². The summed E-state index contributed by atoms with van der Waals surface area (Å²) in [7, 11) is 1.61. The molecule has 0 atom stereocenters. The fourth-order valence-corrected chi connectivity index (χ4v) is 2.67. The van der Waals surface area contributed by atoms with Gasteiger partial charge in [0.05, 0.1) is 25.6 Å². The molecule has 6 heteroatoms. The van der Waals surface area contributed by atoms with E-state index in [1.807, 2.05) is 37.3 Å². The van der Waals surface area contributed by atoms with Gasteiger partial charge >= 0.3 is 5.97 Å². The van der Waals surface area contributed by atoms with Gasteiger partial charge < -0.3 is 14.4 Å². The van der Waals surface area contributed by atoms with Crippen molar-refractivity contribution in [2.45, 2.75) is 39.0 Å². The first-order valence-electron chi connectivity index (χ1n) is 9.09. The van der Waals surface area contributed by atoms with Gasteiger partial charge in [0.25, 0.3) is 0 Å². The highest BCUT2D eigenvalue weighted by Gasteiger charge is 2.11. The molecule has 0 unspecified atom stereocenters. The van der Waals surface area contributed by atoms with Crippen LogP contribution in [0.25, 0.3) is 0 Å². The number of methoxy groups -OCH3 is 1. The van der Waals surface area contributed by atoms with Crippen LogP contribution in [0.3, 0.4) is 0 Å². The molecule has 2 aromatic heterocycles. The summed E-state index contributed by atoms with van der Waals surface area (Å²) in [5.41, 5.74) is 0.982. The number of rotatable bonds is 11. The number of aromatic nitrogens is 2. The van der Waals surface area contributed by atoms with Gasteiger partial charge in [-0.2, -0.15) is 0 Å². The predicted molar refractivity (Wildman–Crippen MR) is 102 cm³/mol. The number of unbranched alkanes of at least 4 members (excludes halogenated alkanes) is 3. The standard InChI is InChI=1S/C20H27N3O3/c1-3-26-20(24)11-6-4-5-9-15-23(18-10-7-8-14-21-18)17-12-13-19(25-2)22-16-17/h7-8,10,12-14,16H,3-6,9,11,15H2,1-2H3. The summed E-state index contributed by atoms with van der Waals surface area (Å²) >= 11 is 0. The lowest BCUT2D eigenvalue weighted by Crippen LogP contribution is -2.19. The third kappa shape index (κ3) is 6.35. The quantitative estimate of drug-likeness (QED) is 0.445. The molecular formula is C20H27N3O3. The molecule has 6 nitrogen and oxygen atoms in total. The Balaban J connectivity index is 1.88. The summed E-state index contributed by atoms with van der Waals surface area (Å²) in [4.78, 5) is 22.3. The number of hydrogen-bond acceptors (Lipinski definition) is 6. The number of nitrogens with zero attached hydrogens (tertiary/aromatic N) is 3. The van der Waals surface area contributed by atoms with E-state index in [1.165, 1.54) is 0 Å². The minimum atomic E-state index is -0.105. The number of anilines is 2. The lowest BCUT2D eigenvalue weighted by molar-refractivity contribution is -0.143. The van der Waals surface area contributed by atoms with E-state index < -0.39 is 0 Å². The Morgan fingerprint density at radius 3 is 2.58 bits per heavy atom. The Hall–Kier alpha value is -2.63. The normalized spacial score (nSPS) is 10.4. The van der Waals surface area contributed by atoms with Crippen molar-refractivity contribution in [2.75, 3.05) is 25.2 Å². The van der Waals surface area contributed by atoms with Gasteiger partial charge in [-0.25, -0.2) is 9.97 Å². The second kappa shape index (κ2) is 11.1. The van der Waals surface area contributed by atoms with Gasteiger partial charge in [-0.3, -0.25) is 4.79 Å². The van der Waals surface area contributed by atoms with E-state index in [9.17, 15) is 4.79 Å². The molecule has 0 aromatic carbocycles. The maximum absolute atomic E-state index is 11.4. The lowest BCUT2D eigenvalue weighted by atomic mass is 10.1. The molecule has 0 saturated carbocycles. The summed E-state index contributed by atoms with van der Waals surface area (Å²) in [6, 6.07) is 9.71. The molecule has 140 valence electrons. The van der Waals surface area contributed by atoms with Crippen molar-refractivity contribution >= 4 is 17.5 Å². The molecule has 0 fully saturated rings. The number of carbonyl (C=O) groups excluding carboxylic acids is 1. The summed E-state index contributed by atoms with van der Waals surface area (Å²) in [5, 5.41) is 0. The van der Waals surface area contributed by atoms with Crippen LogP contribution >= 0.6 is 0 Å².